The molecule has 0 radical (unpaired) electrons. The van der Waals surface area contributed by atoms with Crippen molar-refractivity contribution in [2.45, 2.75) is 52.1 Å². The van der Waals surface area contributed by atoms with Crippen LogP contribution in [0.2, 0.25) is 0 Å². The van der Waals surface area contributed by atoms with E-state index in [9.17, 15) is 9.59 Å². The molecule has 0 aliphatic rings. The average molecular weight is 244 g/mol. The molecule has 0 spiro atoms. The molecular formula is C12H24N2O3. The second kappa shape index (κ2) is 8.98. The Kier molecular flexibility index (Phi) is 8.40. The van der Waals surface area contributed by atoms with Gasteiger partial charge in [0.1, 0.15) is 12.7 Å². The van der Waals surface area contributed by atoms with Gasteiger partial charge in [0, 0.05) is 0 Å². The van der Waals surface area contributed by atoms with Gasteiger partial charge in [-0.1, -0.05) is 39.5 Å². The fourth-order valence-electron chi connectivity index (χ4n) is 1.85. The second-order valence-electron chi connectivity index (χ2n) is 4.26. The molecule has 2 amide bonds. The molecule has 5 heteroatoms. The number of ether oxygens (including phenoxy) is 1. The summed E-state index contributed by atoms with van der Waals surface area (Å²) < 4.78 is 5.20. The van der Waals surface area contributed by atoms with Gasteiger partial charge in [0.15, 0.2) is 0 Å². The highest BCUT2D eigenvalue weighted by Crippen LogP contribution is 2.20. The normalized spacial score (nSPS) is 14.2. The van der Waals surface area contributed by atoms with Crippen molar-refractivity contribution >= 4 is 11.8 Å². The zero-order valence-electron chi connectivity index (χ0n) is 10.8. The van der Waals surface area contributed by atoms with E-state index in [1.165, 1.54) is 0 Å². The van der Waals surface area contributed by atoms with E-state index in [0.717, 1.165) is 32.1 Å². The Labute approximate surface area is 103 Å². The summed E-state index contributed by atoms with van der Waals surface area (Å²) in [5.74, 6) is -1.03. The van der Waals surface area contributed by atoms with Gasteiger partial charge in [-0.25, -0.2) is 0 Å². The summed E-state index contributed by atoms with van der Waals surface area (Å²) in [5.41, 5.74) is 10.3. The average Bonchev–Trinajstić information content (AvgIpc) is 2.26. The predicted molar refractivity (Wildman–Crippen MR) is 66.1 cm³/mol. The molecule has 0 aromatic carbocycles. The first-order chi connectivity index (χ1) is 8.02. The molecule has 17 heavy (non-hydrogen) atoms. The minimum absolute atomic E-state index is 0.0680. The van der Waals surface area contributed by atoms with E-state index in [1.54, 1.807) is 0 Å². The van der Waals surface area contributed by atoms with Crippen molar-refractivity contribution in [2.24, 2.45) is 17.4 Å². The Morgan fingerprint density at radius 2 is 1.82 bits per heavy atom. The van der Waals surface area contributed by atoms with E-state index in [4.69, 9.17) is 16.2 Å². The lowest BCUT2D eigenvalue weighted by molar-refractivity contribution is -0.138. The number of carbonyl (C=O) groups is 2. The standard InChI is InChI=1S/C12H24N2O3/c1-3-5-6-7-9(4-2)11(12(14)16)17-8-10(13)15/h9,11H,3-8H2,1-2H3,(H2,13,15)(H2,14,16). The topological polar surface area (TPSA) is 95.4 Å². The van der Waals surface area contributed by atoms with Crippen LogP contribution in [0, 0.1) is 5.92 Å². The number of primary amides is 2. The van der Waals surface area contributed by atoms with Gasteiger partial charge < -0.3 is 16.2 Å². The van der Waals surface area contributed by atoms with E-state index in [1.807, 2.05) is 6.92 Å². The zero-order chi connectivity index (χ0) is 13.3. The first kappa shape index (κ1) is 15.9. The van der Waals surface area contributed by atoms with Gasteiger partial charge in [-0.3, -0.25) is 9.59 Å². The lowest BCUT2D eigenvalue weighted by Gasteiger charge is -2.23. The fraction of sp³-hybridized carbons (Fsp3) is 0.833. The molecule has 0 aromatic rings. The first-order valence-corrected chi connectivity index (χ1v) is 6.22. The highest BCUT2D eigenvalue weighted by atomic mass is 16.5. The molecule has 0 heterocycles. The molecule has 0 rings (SSSR count). The Hall–Kier alpha value is -1.10. The van der Waals surface area contributed by atoms with Crippen molar-refractivity contribution in [1.29, 1.82) is 0 Å². The Bertz CT molecular complexity index is 244. The Morgan fingerprint density at radius 3 is 2.24 bits per heavy atom. The van der Waals surface area contributed by atoms with Gasteiger partial charge in [-0.2, -0.15) is 0 Å². The number of nitrogens with two attached hydrogens (primary N) is 2. The number of hydrogen-bond donors (Lipinski definition) is 2. The second-order valence-corrected chi connectivity index (χ2v) is 4.26. The van der Waals surface area contributed by atoms with Crippen LogP contribution in [0.1, 0.15) is 46.0 Å². The minimum Gasteiger partial charge on any atom is -0.368 e. The van der Waals surface area contributed by atoms with Crippen molar-refractivity contribution in [3.05, 3.63) is 0 Å². The monoisotopic (exact) mass is 244 g/mol. The van der Waals surface area contributed by atoms with Crippen molar-refractivity contribution in [2.75, 3.05) is 6.61 Å². The van der Waals surface area contributed by atoms with Crippen LogP contribution < -0.4 is 11.5 Å². The molecule has 0 saturated carbocycles. The van der Waals surface area contributed by atoms with Crippen LogP contribution in [-0.4, -0.2) is 24.5 Å². The SMILES string of the molecule is CCCCCC(CC)C(OCC(N)=O)C(N)=O. The van der Waals surface area contributed by atoms with Gasteiger partial charge in [-0.15, -0.1) is 0 Å². The van der Waals surface area contributed by atoms with E-state index in [-0.39, 0.29) is 12.5 Å². The third kappa shape index (κ3) is 6.94. The summed E-state index contributed by atoms with van der Waals surface area (Å²) >= 11 is 0. The van der Waals surface area contributed by atoms with Crippen LogP contribution in [-0.2, 0) is 14.3 Å². The van der Waals surface area contributed by atoms with Gasteiger partial charge in [0.05, 0.1) is 0 Å². The van der Waals surface area contributed by atoms with E-state index in [2.05, 4.69) is 6.92 Å². The first-order valence-electron chi connectivity index (χ1n) is 6.22. The lowest BCUT2D eigenvalue weighted by Crippen LogP contribution is -2.39. The molecule has 0 fully saturated rings. The summed E-state index contributed by atoms with van der Waals surface area (Å²) in [6.45, 7) is 3.86. The molecule has 0 bridgehead atoms. The van der Waals surface area contributed by atoms with Crippen molar-refractivity contribution < 1.29 is 14.3 Å². The van der Waals surface area contributed by atoms with Crippen molar-refractivity contribution in [1.82, 2.24) is 0 Å². The van der Waals surface area contributed by atoms with Gasteiger partial charge in [-0.05, 0) is 12.3 Å². The minimum atomic E-state index is -0.704. The largest absolute Gasteiger partial charge is 0.368 e. The summed E-state index contributed by atoms with van der Waals surface area (Å²) in [6.07, 6.45) is 4.27. The van der Waals surface area contributed by atoms with Crippen LogP contribution in [0.4, 0.5) is 0 Å². The number of hydrogen-bond acceptors (Lipinski definition) is 3. The maximum Gasteiger partial charge on any atom is 0.246 e. The van der Waals surface area contributed by atoms with Crippen LogP contribution in [0.5, 0.6) is 0 Å². The summed E-state index contributed by atoms with van der Waals surface area (Å²) in [5, 5.41) is 0. The quantitative estimate of drug-likeness (QED) is 0.560. The molecule has 5 nitrogen and oxygen atoms in total. The molecule has 2 atom stereocenters. The maximum absolute atomic E-state index is 11.3. The highest BCUT2D eigenvalue weighted by molar-refractivity contribution is 5.80. The molecule has 0 aliphatic heterocycles. The fourth-order valence-corrected chi connectivity index (χ4v) is 1.85. The maximum atomic E-state index is 11.3. The highest BCUT2D eigenvalue weighted by Gasteiger charge is 2.26. The van der Waals surface area contributed by atoms with Gasteiger partial charge in [0.2, 0.25) is 11.8 Å². The molecule has 4 N–H and O–H groups in total. The van der Waals surface area contributed by atoms with E-state index >= 15 is 0 Å². The van der Waals surface area contributed by atoms with E-state index in [0.29, 0.717) is 0 Å². The Balaban J connectivity index is 4.30. The van der Waals surface area contributed by atoms with Crippen molar-refractivity contribution in [3.8, 4) is 0 Å². The summed E-state index contributed by atoms with van der Waals surface area (Å²) in [7, 11) is 0. The van der Waals surface area contributed by atoms with Crippen LogP contribution in [0.15, 0.2) is 0 Å². The molecule has 0 aliphatic carbocycles. The predicted octanol–water partition coefficient (Wildman–Crippen LogP) is 0.949. The van der Waals surface area contributed by atoms with Crippen LogP contribution in [0.3, 0.4) is 0 Å². The number of rotatable bonds is 10. The molecule has 0 aromatic heterocycles. The smallest absolute Gasteiger partial charge is 0.246 e. The van der Waals surface area contributed by atoms with Gasteiger partial charge in [0.25, 0.3) is 0 Å². The zero-order valence-corrected chi connectivity index (χ0v) is 10.8. The third-order valence-electron chi connectivity index (χ3n) is 2.82. The molecular weight excluding hydrogens is 220 g/mol. The van der Waals surface area contributed by atoms with Crippen LogP contribution >= 0.6 is 0 Å². The summed E-state index contributed by atoms with van der Waals surface area (Å²) in [6, 6.07) is 0. The third-order valence-corrected chi connectivity index (χ3v) is 2.82. The lowest BCUT2D eigenvalue weighted by atomic mass is 9.92. The number of carbonyl (C=O) groups excluding carboxylic acids is 2. The molecule has 2 unspecified atom stereocenters. The number of unbranched alkanes of at least 4 members (excludes halogenated alkanes) is 2. The number of amides is 2. The Morgan fingerprint density at radius 1 is 1.18 bits per heavy atom. The van der Waals surface area contributed by atoms with Crippen molar-refractivity contribution in [3.63, 3.8) is 0 Å². The molecule has 100 valence electrons. The van der Waals surface area contributed by atoms with Gasteiger partial charge >= 0.3 is 0 Å². The van der Waals surface area contributed by atoms with E-state index < -0.39 is 17.9 Å². The molecule has 0 saturated heterocycles. The summed E-state index contributed by atoms with van der Waals surface area (Å²) in [4.78, 5) is 21.9. The van der Waals surface area contributed by atoms with Crippen LogP contribution in [0.25, 0.3) is 0 Å².